The lowest BCUT2D eigenvalue weighted by Crippen LogP contribution is -2.22. The molecule has 0 saturated heterocycles. The van der Waals surface area contributed by atoms with Crippen molar-refractivity contribution >= 4 is 44.9 Å². The van der Waals surface area contributed by atoms with Crippen LogP contribution in [0.2, 0.25) is 10.0 Å². The van der Waals surface area contributed by atoms with Crippen molar-refractivity contribution in [3.05, 3.63) is 62.6 Å². The van der Waals surface area contributed by atoms with E-state index in [1.54, 1.807) is 12.1 Å². The molecule has 1 N–H and O–H groups in total. The predicted molar refractivity (Wildman–Crippen MR) is 79.6 cm³/mol. The Hall–Kier alpha value is -1.73. The van der Waals surface area contributed by atoms with Crippen molar-refractivity contribution in [2.24, 2.45) is 0 Å². The molecule has 1 aliphatic rings. The lowest BCUT2D eigenvalue weighted by atomic mass is 9.84. The molecule has 112 valence electrons. The zero-order valence-electron chi connectivity index (χ0n) is 10.6. The van der Waals surface area contributed by atoms with Crippen LogP contribution in [0.15, 0.2) is 35.2 Å². The molecule has 0 spiro atoms. The van der Waals surface area contributed by atoms with Crippen molar-refractivity contribution in [2.75, 3.05) is 0 Å². The van der Waals surface area contributed by atoms with Crippen LogP contribution in [0, 0.1) is 0 Å². The second-order valence-electron chi connectivity index (χ2n) is 4.60. The normalized spacial score (nSPS) is 13.8. The standard InChI is InChI=1S/C14H6Cl2O5S/c15-9-5-8-10(11(16)14(9)22(19,20)21)13(18)7-4-2-1-3-6(7)12(8)17/h1-5H,(H,19,20,21). The maximum Gasteiger partial charge on any atom is 0.297 e. The Balaban J connectivity index is 2.42. The molecule has 8 heteroatoms. The van der Waals surface area contributed by atoms with Crippen LogP contribution >= 0.6 is 23.2 Å². The smallest absolute Gasteiger partial charge is 0.289 e. The molecule has 22 heavy (non-hydrogen) atoms. The summed E-state index contributed by atoms with van der Waals surface area (Å²) in [5.41, 5.74) is -0.0641. The summed E-state index contributed by atoms with van der Waals surface area (Å²) in [6, 6.07) is 7.13. The van der Waals surface area contributed by atoms with Crippen LogP contribution in [0.1, 0.15) is 31.8 Å². The molecule has 0 fully saturated rings. The first kappa shape index (κ1) is 15.2. The van der Waals surface area contributed by atoms with Gasteiger partial charge < -0.3 is 0 Å². The third kappa shape index (κ3) is 2.07. The van der Waals surface area contributed by atoms with Crippen molar-refractivity contribution in [2.45, 2.75) is 4.90 Å². The molecule has 5 nitrogen and oxygen atoms in total. The van der Waals surface area contributed by atoms with E-state index in [0.717, 1.165) is 6.07 Å². The first-order valence-electron chi connectivity index (χ1n) is 5.91. The Morgan fingerprint density at radius 2 is 1.45 bits per heavy atom. The van der Waals surface area contributed by atoms with Crippen LogP contribution in [-0.4, -0.2) is 24.5 Å². The highest BCUT2D eigenvalue weighted by Gasteiger charge is 2.35. The minimum atomic E-state index is -4.74. The molecule has 0 unspecified atom stereocenters. The Morgan fingerprint density at radius 3 is 2.00 bits per heavy atom. The van der Waals surface area contributed by atoms with E-state index in [0.29, 0.717) is 0 Å². The Morgan fingerprint density at radius 1 is 0.909 bits per heavy atom. The fourth-order valence-corrected chi connectivity index (χ4v) is 4.16. The van der Waals surface area contributed by atoms with E-state index in [-0.39, 0.29) is 22.3 Å². The van der Waals surface area contributed by atoms with Gasteiger partial charge in [0.15, 0.2) is 11.6 Å². The minimum Gasteiger partial charge on any atom is -0.289 e. The number of hydrogen-bond donors (Lipinski definition) is 1. The fourth-order valence-electron chi connectivity index (χ4n) is 2.40. The quantitative estimate of drug-likeness (QED) is 0.677. The molecule has 0 amide bonds. The number of rotatable bonds is 1. The van der Waals surface area contributed by atoms with Crippen LogP contribution in [0.4, 0.5) is 0 Å². The monoisotopic (exact) mass is 356 g/mol. The summed E-state index contributed by atoms with van der Waals surface area (Å²) < 4.78 is 32.0. The van der Waals surface area contributed by atoms with Crippen molar-refractivity contribution in [3.8, 4) is 0 Å². The highest BCUT2D eigenvalue weighted by atomic mass is 35.5. The van der Waals surface area contributed by atoms with Gasteiger partial charge in [0.2, 0.25) is 0 Å². The first-order chi connectivity index (χ1) is 10.2. The Kier molecular flexibility index (Phi) is 3.37. The molecular weight excluding hydrogens is 351 g/mol. The van der Waals surface area contributed by atoms with Gasteiger partial charge in [-0.05, 0) is 6.07 Å². The van der Waals surface area contributed by atoms with Crippen molar-refractivity contribution in [1.29, 1.82) is 0 Å². The van der Waals surface area contributed by atoms with E-state index in [4.69, 9.17) is 23.2 Å². The first-order valence-corrected chi connectivity index (χ1v) is 8.11. The molecule has 0 aliphatic heterocycles. The average molecular weight is 357 g/mol. The molecule has 3 rings (SSSR count). The molecule has 2 aromatic carbocycles. The molecule has 0 radical (unpaired) electrons. The van der Waals surface area contributed by atoms with E-state index in [1.807, 2.05) is 0 Å². The summed E-state index contributed by atoms with van der Waals surface area (Å²) in [5, 5.41) is -0.982. The van der Waals surface area contributed by atoms with E-state index in [2.05, 4.69) is 0 Å². The number of carbonyl (C=O) groups is 2. The van der Waals surface area contributed by atoms with Gasteiger partial charge in [-0.15, -0.1) is 0 Å². The summed E-state index contributed by atoms with van der Waals surface area (Å²) in [6.07, 6.45) is 0. The van der Waals surface area contributed by atoms with E-state index in [9.17, 15) is 22.6 Å². The van der Waals surface area contributed by atoms with Crippen LogP contribution in [0.5, 0.6) is 0 Å². The SMILES string of the molecule is O=C1c2ccccc2C(=O)c2c1cc(Cl)c(S(=O)(=O)O)c2Cl. The summed E-state index contributed by atoms with van der Waals surface area (Å²) in [6.45, 7) is 0. The van der Waals surface area contributed by atoms with Crippen molar-refractivity contribution < 1.29 is 22.6 Å². The molecule has 2 aromatic rings. The number of hydrogen-bond acceptors (Lipinski definition) is 4. The number of ketones is 2. The summed E-state index contributed by atoms with van der Waals surface area (Å²) in [5.74, 6) is -1.09. The van der Waals surface area contributed by atoms with Gasteiger partial charge in [-0.25, -0.2) is 0 Å². The summed E-state index contributed by atoms with van der Waals surface area (Å²) in [7, 11) is -4.74. The highest BCUT2D eigenvalue weighted by Crippen LogP contribution is 2.39. The van der Waals surface area contributed by atoms with Crippen molar-refractivity contribution in [3.63, 3.8) is 0 Å². The molecule has 0 bridgehead atoms. The van der Waals surface area contributed by atoms with Crippen LogP contribution in [0.3, 0.4) is 0 Å². The zero-order chi connectivity index (χ0) is 16.2. The highest BCUT2D eigenvalue weighted by molar-refractivity contribution is 7.86. The van der Waals surface area contributed by atoms with Crippen LogP contribution in [0.25, 0.3) is 0 Å². The second kappa shape index (κ2) is 4.89. The lowest BCUT2D eigenvalue weighted by molar-refractivity contribution is 0.0979. The third-order valence-electron chi connectivity index (χ3n) is 3.32. The van der Waals surface area contributed by atoms with Gasteiger partial charge in [0.1, 0.15) is 4.90 Å². The van der Waals surface area contributed by atoms with Crippen LogP contribution < -0.4 is 0 Å². The largest absolute Gasteiger partial charge is 0.297 e. The van der Waals surface area contributed by atoms with E-state index < -0.39 is 36.6 Å². The lowest BCUT2D eigenvalue weighted by Gasteiger charge is -2.20. The number of halogens is 2. The summed E-state index contributed by atoms with van der Waals surface area (Å²) in [4.78, 5) is 24.2. The minimum absolute atomic E-state index is 0.0916. The predicted octanol–water partition coefficient (Wildman–Crippen LogP) is 3.02. The molecule has 1 aliphatic carbocycles. The molecule has 0 heterocycles. The van der Waals surface area contributed by atoms with Gasteiger partial charge in [-0.3, -0.25) is 14.1 Å². The Labute approximate surface area is 135 Å². The van der Waals surface area contributed by atoms with Gasteiger partial charge in [0.25, 0.3) is 10.1 Å². The number of benzene rings is 2. The maximum atomic E-state index is 12.5. The average Bonchev–Trinajstić information content (AvgIpc) is 2.42. The second-order valence-corrected chi connectivity index (χ2v) is 6.75. The van der Waals surface area contributed by atoms with E-state index >= 15 is 0 Å². The topological polar surface area (TPSA) is 88.5 Å². The number of carbonyl (C=O) groups excluding carboxylic acids is 2. The van der Waals surface area contributed by atoms with E-state index in [1.165, 1.54) is 12.1 Å². The fraction of sp³-hybridized carbons (Fsp3) is 0. The molecular formula is C14H6Cl2O5S. The van der Waals surface area contributed by atoms with Crippen molar-refractivity contribution in [1.82, 2.24) is 0 Å². The molecule has 0 atom stereocenters. The maximum absolute atomic E-state index is 12.5. The number of fused-ring (bicyclic) bond motifs is 2. The van der Waals surface area contributed by atoms with Gasteiger partial charge in [0, 0.05) is 16.7 Å². The molecule has 0 aromatic heterocycles. The third-order valence-corrected chi connectivity index (χ3v) is 5.16. The van der Waals surface area contributed by atoms with Gasteiger partial charge in [-0.2, -0.15) is 8.42 Å². The molecule has 0 saturated carbocycles. The summed E-state index contributed by atoms with van der Waals surface area (Å²) >= 11 is 11.8. The van der Waals surface area contributed by atoms with Crippen LogP contribution in [-0.2, 0) is 10.1 Å². The van der Waals surface area contributed by atoms with Gasteiger partial charge in [-0.1, -0.05) is 47.5 Å². The zero-order valence-corrected chi connectivity index (χ0v) is 13.0. The van der Waals surface area contributed by atoms with Gasteiger partial charge in [0.05, 0.1) is 15.6 Å². The van der Waals surface area contributed by atoms with Gasteiger partial charge >= 0.3 is 0 Å². The Bertz CT molecular complexity index is 963.